The Morgan fingerprint density at radius 3 is 2.56 bits per heavy atom. The number of esters is 1. The van der Waals surface area contributed by atoms with Crippen molar-refractivity contribution in [1.82, 2.24) is 5.32 Å². The van der Waals surface area contributed by atoms with Crippen molar-refractivity contribution in [1.29, 1.82) is 0 Å². The molecule has 3 N–H and O–H groups in total. The molecule has 3 aromatic rings. The number of thiophene rings is 1. The second-order valence-electron chi connectivity index (χ2n) is 5.73. The third-order valence-electron chi connectivity index (χ3n) is 3.83. The van der Waals surface area contributed by atoms with Gasteiger partial charge in [-0.2, -0.15) is 0 Å². The first kappa shape index (κ1) is 18.6. The second kappa shape index (κ2) is 8.46. The molecule has 0 saturated heterocycles. The van der Waals surface area contributed by atoms with Crippen molar-refractivity contribution in [2.24, 2.45) is 0 Å². The predicted molar refractivity (Wildman–Crippen MR) is 102 cm³/mol. The first-order valence-electron chi connectivity index (χ1n) is 8.14. The Hall–Kier alpha value is -3.19. The number of amides is 1. The summed E-state index contributed by atoms with van der Waals surface area (Å²) in [5.74, 6) is -1.79. The summed E-state index contributed by atoms with van der Waals surface area (Å²) in [7, 11) is 0. The number of nitrogens with two attached hydrogens (primary N) is 1. The van der Waals surface area contributed by atoms with Crippen molar-refractivity contribution < 1.29 is 18.7 Å². The van der Waals surface area contributed by atoms with Gasteiger partial charge in [-0.25, -0.2) is 9.18 Å². The number of rotatable bonds is 6. The summed E-state index contributed by atoms with van der Waals surface area (Å²) in [4.78, 5) is 25.3. The zero-order valence-electron chi connectivity index (χ0n) is 14.2. The van der Waals surface area contributed by atoms with Crippen LogP contribution in [-0.4, -0.2) is 18.5 Å². The molecule has 1 heterocycles. The zero-order valence-corrected chi connectivity index (χ0v) is 15.0. The number of halogens is 1. The van der Waals surface area contributed by atoms with Crippen LogP contribution >= 0.6 is 11.3 Å². The third-order valence-corrected chi connectivity index (χ3v) is 4.77. The minimum absolute atomic E-state index is 0.0158. The number of nitrogen functional groups attached to an aromatic ring is 1. The number of ether oxygens (including phenoxy) is 1. The van der Waals surface area contributed by atoms with Gasteiger partial charge in [0.15, 0.2) is 6.61 Å². The molecule has 0 aliphatic carbocycles. The summed E-state index contributed by atoms with van der Waals surface area (Å²) >= 11 is 1.52. The van der Waals surface area contributed by atoms with E-state index in [1.165, 1.54) is 17.4 Å². The van der Waals surface area contributed by atoms with E-state index in [9.17, 15) is 14.0 Å². The van der Waals surface area contributed by atoms with Crippen molar-refractivity contribution in [2.45, 2.75) is 6.04 Å². The van der Waals surface area contributed by atoms with E-state index in [2.05, 4.69) is 5.32 Å². The van der Waals surface area contributed by atoms with Gasteiger partial charge in [0, 0.05) is 10.6 Å². The molecule has 1 atom stereocenters. The molecule has 3 rings (SSSR count). The number of benzene rings is 2. The Morgan fingerprint density at radius 2 is 1.89 bits per heavy atom. The summed E-state index contributed by atoms with van der Waals surface area (Å²) in [6, 6.07) is 16.3. The second-order valence-corrected chi connectivity index (χ2v) is 6.71. The smallest absolute Gasteiger partial charge is 0.340 e. The number of nitrogens with one attached hydrogen (secondary N) is 1. The number of hydrogen-bond acceptors (Lipinski definition) is 5. The van der Waals surface area contributed by atoms with Crippen LogP contribution in [0.4, 0.5) is 10.1 Å². The Labute approximate surface area is 159 Å². The van der Waals surface area contributed by atoms with E-state index in [0.29, 0.717) is 0 Å². The maximum Gasteiger partial charge on any atom is 0.340 e. The molecule has 0 saturated carbocycles. The van der Waals surface area contributed by atoms with Crippen molar-refractivity contribution in [3.8, 4) is 0 Å². The highest BCUT2D eigenvalue weighted by molar-refractivity contribution is 7.10. The lowest BCUT2D eigenvalue weighted by molar-refractivity contribution is -0.124. The van der Waals surface area contributed by atoms with E-state index in [1.54, 1.807) is 0 Å². The maximum atomic E-state index is 13.1. The molecule has 0 aliphatic heterocycles. The molecule has 0 bridgehead atoms. The fourth-order valence-electron chi connectivity index (χ4n) is 2.55. The largest absolute Gasteiger partial charge is 0.452 e. The Kier molecular flexibility index (Phi) is 5.83. The van der Waals surface area contributed by atoms with Crippen LogP contribution in [0.5, 0.6) is 0 Å². The van der Waals surface area contributed by atoms with Crippen LogP contribution in [0, 0.1) is 5.82 Å². The molecule has 0 aliphatic rings. The molecular weight excluding hydrogens is 367 g/mol. The van der Waals surface area contributed by atoms with E-state index in [0.717, 1.165) is 22.6 Å². The molecule has 27 heavy (non-hydrogen) atoms. The van der Waals surface area contributed by atoms with Crippen molar-refractivity contribution in [3.05, 3.63) is 87.9 Å². The van der Waals surface area contributed by atoms with Crippen LogP contribution in [0.2, 0.25) is 0 Å². The van der Waals surface area contributed by atoms with Gasteiger partial charge in [-0.3, -0.25) is 4.79 Å². The molecule has 0 fully saturated rings. The van der Waals surface area contributed by atoms with E-state index in [1.807, 2.05) is 47.8 Å². The van der Waals surface area contributed by atoms with Crippen molar-refractivity contribution in [3.63, 3.8) is 0 Å². The maximum absolute atomic E-state index is 13.1. The lowest BCUT2D eigenvalue weighted by Gasteiger charge is -2.18. The van der Waals surface area contributed by atoms with Gasteiger partial charge in [0.1, 0.15) is 5.82 Å². The Balaban J connectivity index is 1.65. The molecule has 2 aromatic carbocycles. The first-order valence-corrected chi connectivity index (χ1v) is 9.02. The van der Waals surface area contributed by atoms with Gasteiger partial charge in [0.2, 0.25) is 0 Å². The Bertz CT molecular complexity index is 930. The first-order chi connectivity index (χ1) is 13.0. The monoisotopic (exact) mass is 384 g/mol. The fourth-order valence-corrected chi connectivity index (χ4v) is 3.35. The van der Waals surface area contributed by atoms with Gasteiger partial charge in [-0.1, -0.05) is 36.4 Å². The fraction of sp³-hybridized carbons (Fsp3) is 0.100. The molecule has 0 radical (unpaired) electrons. The molecule has 0 spiro atoms. The quantitative estimate of drug-likeness (QED) is 0.503. The molecule has 7 heteroatoms. The van der Waals surface area contributed by atoms with Gasteiger partial charge in [-0.05, 0) is 35.2 Å². The summed E-state index contributed by atoms with van der Waals surface area (Å²) in [5, 5.41) is 4.79. The van der Waals surface area contributed by atoms with Crippen LogP contribution in [0.15, 0.2) is 66.0 Å². The molecule has 138 valence electrons. The van der Waals surface area contributed by atoms with Crippen molar-refractivity contribution >= 4 is 28.9 Å². The average molecular weight is 384 g/mol. The van der Waals surface area contributed by atoms with Crippen LogP contribution in [0.25, 0.3) is 0 Å². The van der Waals surface area contributed by atoms with Gasteiger partial charge in [0.25, 0.3) is 5.91 Å². The highest BCUT2D eigenvalue weighted by Crippen LogP contribution is 2.25. The number of hydrogen-bond donors (Lipinski definition) is 2. The molecule has 1 aromatic heterocycles. The SMILES string of the molecule is Nc1cc(F)ccc1C(=O)OCC(=O)N[C@H](c1ccccc1)c1cccs1. The molecule has 0 unspecified atom stereocenters. The van der Waals surface area contributed by atoms with E-state index in [-0.39, 0.29) is 17.3 Å². The highest BCUT2D eigenvalue weighted by Gasteiger charge is 2.19. The third kappa shape index (κ3) is 4.71. The van der Waals surface area contributed by atoms with Crippen LogP contribution in [0.3, 0.4) is 0 Å². The normalized spacial score (nSPS) is 11.6. The number of carbonyl (C=O) groups is 2. The Morgan fingerprint density at radius 1 is 1.11 bits per heavy atom. The van der Waals surface area contributed by atoms with Gasteiger partial charge < -0.3 is 15.8 Å². The number of carbonyl (C=O) groups excluding carboxylic acids is 2. The predicted octanol–water partition coefficient (Wildman–Crippen LogP) is 3.53. The van der Waals surface area contributed by atoms with Gasteiger partial charge >= 0.3 is 5.97 Å². The van der Waals surface area contributed by atoms with Gasteiger partial charge in [-0.15, -0.1) is 11.3 Å². The zero-order chi connectivity index (χ0) is 19.2. The van der Waals surface area contributed by atoms with E-state index >= 15 is 0 Å². The molecule has 1 amide bonds. The van der Waals surface area contributed by atoms with Crippen LogP contribution < -0.4 is 11.1 Å². The van der Waals surface area contributed by atoms with Crippen LogP contribution in [-0.2, 0) is 9.53 Å². The summed E-state index contributed by atoms with van der Waals surface area (Å²) in [6.45, 7) is -0.468. The lowest BCUT2D eigenvalue weighted by atomic mass is 10.1. The number of anilines is 1. The minimum atomic E-state index is -0.782. The summed E-state index contributed by atoms with van der Waals surface area (Å²) in [5.41, 5.74) is 6.50. The lowest BCUT2D eigenvalue weighted by Crippen LogP contribution is -2.32. The van der Waals surface area contributed by atoms with E-state index in [4.69, 9.17) is 10.5 Å². The summed E-state index contributed by atoms with van der Waals surface area (Å²) in [6.07, 6.45) is 0. The summed E-state index contributed by atoms with van der Waals surface area (Å²) < 4.78 is 18.1. The average Bonchev–Trinajstić information content (AvgIpc) is 3.19. The minimum Gasteiger partial charge on any atom is -0.452 e. The molecular formula is C20H17FN2O3S. The van der Waals surface area contributed by atoms with Gasteiger partial charge in [0.05, 0.1) is 11.6 Å². The molecule has 5 nitrogen and oxygen atoms in total. The highest BCUT2D eigenvalue weighted by atomic mass is 32.1. The van der Waals surface area contributed by atoms with Crippen molar-refractivity contribution in [2.75, 3.05) is 12.3 Å². The van der Waals surface area contributed by atoms with E-state index < -0.39 is 24.3 Å². The van der Waals surface area contributed by atoms with Crippen LogP contribution in [0.1, 0.15) is 26.8 Å². The topological polar surface area (TPSA) is 81.4 Å². The standard InChI is InChI=1S/C20H17FN2O3S/c21-14-8-9-15(16(22)11-14)20(25)26-12-18(24)23-19(17-7-4-10-27-17)13-5-2-1-3-6-13/h1-11,19H,12,22H2,(H,23,24)/t19-/m1/s1.